The Hall–Kier alpha value is 0.460. The highest BCUT2D eigenvalue weighted by Gasteiger charge is 2.12. The van der Waals surface area contributed by atoms with Gasteiger partial charge in [-0.05, 0) is 69.3 Å². The lowest BCUT2D eigenvalue weighted by atomic mass is 10.0. The molecule has 0 atom stereocenters. The SMILES string of the molecule is Cc1c(C)c(Br)c(Br)c(NBr)c1C. The van der Waals surface area contributed by atoms with E-state index in [9.17, 15) is 0 Å². The summed E-state index contributed by atoms with van der Waals surface area (Å²) >= 11 is 10.3. The van der Waals surface area contributed by atoms with Crippen LogP contribution < -0.4 is 4.34 Å². The van der Waals surface area contributed by atoms with Crippen LogP contribution in [0.3, 0.4) is 0 Å². The van der Waals surface area contributed by atoms with Crippen LogP contribution in [0.4, 0.5) is 5.69 Å². The first-order chi connectivity index (χ1) is 6.00. The number of rotatable bonds is 1. The summed E-state index contributed by atoms with van der Waals surface area (Å²) in [6, 6.07) is 0. The van der Waals surface area contributed by atoms with Crippen molar-refractivity contribution in [2.75, 3.05) is 4.34 Å². The number of benzene rings is 1. The number of anilines is 1. The molecule has 0 aliphatic rings. The summed E-state index contributed by atoms with van der Waals surface area (Å²) in [5.74, 6) is 0. The Morgan fingerprint density at radius 3 is 1.85 bits per heavy atom. The van der Waals surface area contributed by atoms with E-state index in [2.05, 4.69) is 73.1 Å². The van der Waals surface area contributed by atoms with Crippen LogP contribution in [0.1, 0.15) is 16.7 Å². The van der Waals surface area contributed by atoms with Gasteiger partial charge in [0, 0.05) is 20.6 Å². The lowest BCUT2D eigenvalue weighted by Gasteiger charge is -2.14. The van der Waals surface area contributed by atoms with Gasteiger partial charge in [0.1, 0.15) is 0 Å². The average Bonchev–Trinajstić information content (AvgIpc) is 2.13. The van der Waals surface area contributed by atoms with Crippen molar-refractivity contribution in [2.24, 2.45) is 0 Å². The van der Waals surface area contributed by atoms with Gasteiger partial charge in [-0.15, -0.1) is 0 Å². The average molecular weight is 372 g/mol. The minimum atomic E-state index is 1.06. The topological polar surface area (TPSA) is 12.0 Å². The smallest absolute Gasteiger partial charge is 0.0627 e. The van der Waals surface area contributed by atoms with Gasteiger partial charge < -0.3 is 4.34 Å². The predicted octanol–water partition coefficient (Wildman–Crippen LogP) is 4.86. The van der Waals surface area contributed by atoms with Crippen molar-refractivity contribution in [1.82, 2.24) is 0 Å². The number of nitrogens with one attached hydrogen (secondary N) is 1. The fourth-order valence-corrected chi connectivity index (χ4v) is 3.14. The van der Waals surface area contributed by atoms with Crippen molar-refractivity contribution in [1.29, 1.82) is 0 Å². The molecular weight excluding hydrogens is 362 g/mol. The quantitative estimate of drug-likeness (QED) is 0.695. The molecule has 0 aliphatic heterocycles. The maximum absolute atomic E-state index is 3.55. The second kappa shape index (κ2) is 4.32. The van der Waals surface area contributed by atoms with E-state index in [1.54, 1.807) is 0 Å². The molecule has 1 N–H and O–H groups in total. The first-order valence-electron chi connectivity index (χ1n) is 3.82. The van der Waals surface area contributed by atoms with Gasteiger partial charge >= 0.3 is 0 Å². The van der Waals surface area contributed by atoms with E-state index in [-0.39, 0.29) is 0 Å². The summed E-state index contributed by atoms with van der Waals surface area (Å²) in [7, 11) is 0. The van der Waals surface area contributed by atoms with Gasteiger partial charge in [0.2, 0.25) is 0 Å². The third-order valence-corrected chi connectivity index (χ3v) is 5.05. The minimum Gasteiger partial charge on any atom is -0.321 e. The minimum absolute atomic E-state index is 1.06. The molecule has 0 saturated carbocycles. The molecule has 1 rings (SSSR count). The Bertz CT molecular complexity index is 318. The molecule has 0 saturated heterocycles. The van der Waals surface area contributed by atoms with Gasteiger partial charge in [-0.3, -0.25) is 0 Å². The summed E-state index contributed by atoms with van der Waals surface area (Å²) in [6.45, 7) is 6.33. The summed E-state index contributed by atoms with van der Waals surface area (Å²) in [6.07, 6.45) is 0. The molecule has 0 unspecified atom stereocenters. The van der Waals surface area contributed by atoms with Crippen molar-refractivity contribution < 1.29 is 0 Å². The first kappa shape index (κ1) is 11.5. The zero-order valence-electron chi connectivity index (χ0n) is 7.63. The summed E-state index contributed by atoms with van der Waals surface area (Å²) in [5, 5.41) is 0. The van der Waals surface area contributed by atoms with Crippen molar-refractivity contribution in [3.8, 4) is 0 Å². The van der Waals surface area contributed by atoms with Crippen molar-refractivity contribution >= 4 is 53.7 Å². The number of halogens is 3. The summed E-state index contributed by atoms with van der Waals surface area (Å²) < 4.78 is 5.18. The molecule has 13 heavy (non-hydrogen) atoms. The largest absolute Gasteiger partial charge is 0.321 e. The molecule has 1 aromatic carbocycles. The van der Waals surface area contributed by atoms with E-state index in [1.165, 1.54) is 16.7 Å². The molecule has 1 nitrogen and oxygen atoms in total. The first-order valence-corrected chi connectivity index (χ1v) is 6.20. The maximum Gasteiger partial charge on any atom is 0.0627 e. The Morgan fingerprint density at radius 2 is 1.38 bits per heavy atom. The van der Waals surface area contributed by atoms with Crippen molar-refractivity contribution in [2.45, 2.75) is 20.8 Å². The third-order valence-electron chi connectivity index (χ3n) is 2.34. The lowest BCUT2D eigenvalue weighted by molar-refractivity contribution is 1.24. The van der Waals surface area contributed by atoms with E-state index < -0.39 is 0 Å². The second-order valence-electron chi connectivity index (χ2n) is 2.97. The van der Waals surface area contributed by atoms with E-state index in [4.69, 9.17) is 0 Å². The van der Waals surface area contributed by atoms with Crippen LogP contribution in [-0.2, 0) is 0 Å². The zero-order chi connectivity index (χ0) is 10.2. The van der Waals surface area contributed by atoms with Crippen LogP contribution in [0.5, 0.6) is 0 Å². The molecule has 0 radical (unpaired) electrons. The Balaban J connectivity index is 3.56. The third kappa shape index (κ3) is 1.95. The fourth-order valence-electron chi connectivity index (χ4n) is 1.18. The van der Waals surface area contributed by atoms with Gasteiger partial charge in [0.25, 0.3) is 0 Å². The molecular formula is C9H10Br3N. The Labute approximate surface area is 104 Å². The zero-order valence-corrected chi connectivity index (χ0v) is 12.4. The van der Waals surface area contributed by atoms with Gasteiger partial charge in [-0.1, -0.05) is 0 Å². The van der Waals surface area contributed by atoms with Crippen LogP contribution >= 0.6 is 48.0 Å². The molecule has 0 bridgehead atoms. The normalized spacial score (nSPS) is 10.3. The van der Waals surface area contributed by atoms with Crippen LogP contribution in [0, 0.1) is 20.8 Å². The van der Waals surface area contributed by atoms with Crippen molar-refractivity contribution in [3.05, 3.63) is 25.6 Å². The van der Waals surface area contributed by atoms with Crippen LogP contribution in [0.15, 0.2) is 8.95 Å². The van der Waals surface area contributed by atoms with Crippen LogP contribution in [0.2, 0.25) is 0 Å². The van der Waals surface area contributed by atoms with Crippen molar-refractivity contribution in [3.63, 3.8) is 0 Å². The molecule has 72 valence electrons. The second-order valence-corrected chi connectivity index (χ2v) is 4.95. The highest BCUT2D eigenvalue weighted by Crippen LogP contribution is 2.39. The molecule has 0 spiro atoms. The van der Waals surface area contributed by atoms with E-state index in [0.717, 1.165) is 14.6 Å². The standard InChI is InChI=1S/C9H10Br3N/c1-4-5(2)7(10)8(11)9(13-12)6(4)3/h13H,1-3H3. The molecule has 4 heteroatoms. The molecule has 0 heterocycles. The van der Waals surface area contributed by atoms with Crippen LogP contribution in [0.25, 0.3) is 0 Å². The number of hydrogen-bond acceptors (Lipinski definition) is 1. The molecule has 0 fully saturated rings. The monoisotopic (exact) mass is 369 g/mol. The van der Waals surface area contributed by atoms with Gasteiger partial charge in [0.15, 0.2) is 0 Å². The predicted molar refractivity (Wildman–Crippen MR) is 68.6 cm³/mol. The Morgan fingerprint density at radius 1 is 0.846 bits per heavy atom. The maximum atomic E-state index is 3.55. The Kier molecular flexibility index (Phi) is 3.83. The molecule has 0 aromatic heterocycles. The molecule has 0 aliphatic carbocycles. The van der Waals surface area contributed by atoms with Gasteiger partial charge in [-0.25, -0.2) is 0 Å². The lowest BCUT2D eigenvalue weighted by Crippen LogP contribution is -1.95. The summed E-state index contributed by atoms with van der Waals surface area (Å²) in [4.78, 5) is 0. The summed E-state index contributed by atoms with van der Waals surface area (Å²) in [5.41, 5.74) is 4.91. The highest BCUT2D eigenvalue weighted by molar-refractivity contribution is 9.13. The van der Waals surface area contributed by atoms with Gasteiger partial charge in [-0.2, -0.15) is 0 Å². The van der Waals surface area contributed by atoms with E-state index in [0.29, 0.717) is 0 Å². The fraction of sp³-hybridized carbons (Fsp3) is 0.333. The van der Waals surface area contributed by atoms with Crippen LogP contribution in [-0.4, -0.2) is 0 Å². The highest BCUT2D eigenvalue weighted by atomic mass is 79.9. The van der Waals surface area contributed by atoms with Gasteiger partial charge in [0.05, 0.1) is 10.2 Å². The van der Waals surface area contributed by atoms with E-state index >= 15 is 0 Å². The molecule has 0 amide bonds. The van der Waals surface area contributed by atoms with E-state index in [1.807, 2.05) is 0 Å². The number of hydrogen-bond donors (Lipinski definition) is 1. The molecule has 1 aromatic rings.